The Balaban J connectivity index is 5.15. The summed E-state index contributed by atoms with van der Waals surface area (Å²) < 4.78 is 68.8. The Kier molecular flexibility index (Phi) is 74.3. The Bertz CT molecular complexity index is 2060. The maximum Gasteiger partial charge on any atom is 0.472 e. The van der Waals surface area contributed by atoms with Gasteiger partial charge in [0.1, 0.15) is 19.3 Å². The van der Waals surface area contributed by atoms with Crippen LogP contribution in [0.5, 0.6) is 0 Å². The summed E-state index contributed by atoms with van der Waals surface area (Å²) in [6.07, 6.45) is 65.5. The summed E-state index contributed by atoms with van der Waals surface area (Å²) in [4.78, 5) is 73.2. The molecule has 0 aliphatic heterocycles. The van der Waals surface area contributed by atoms with E-state index < -0.39 is 97.5 Å². The fraction of sp³-hybridized carbons (Fsp3) is 0.954. The monoisotopic (exact) mass is 1550 g/mol. The average molecular weight is 1550 g/mol. The number of carbonyl (C=O) groups excluding carboxylic acids is 4. The number of ether oxygens (including phenoxy) is 4. The minimum Gasteiger partial charge on any atom is -0.462 e. The van der Waals surface area contributed by atoms with Crippen molar-refractivity contribution in [2.75, 3.05) is 39.6 Å². The number of esters is 4. The fourth-order valence-electron chi connectivity index (χ4n) is 13.4. The first kappa shape index (κ1) is 104. The molecular weight excluding hydrogens is 1380 g/mol. The SMILES string of the molecule is CCC(C)CCCCCCCCCCCCCCCCCCCCC(=O)O[C@H](COC(=O)CCCCCCCCCCCCC(C)C)COP(=O)(O)OC[C@@H](O)COP(=O)(O)OC[C@@H](COC(=O)CCCCCCCCC(C)C)OC(=O)CCCCCCCCCCCCCCCCCCCCC(C)CC. The van der Waals surface area contributed by atoms with E-state index in [1.54, 1.807) is 0 Å². The molecule has 0 saturated heterocycles. The predicted molar refractivity (Wildman–Crippen MR) is 437 cm³/mol. The van der Waals surface area contributed by atoms with E-state index in [0.717, 1.165) is 114 Å². The Hall–Kier alpha value is -1.94. The smallest absolute Gasteiger partial charge is 0.462 e. The van der Waals surface area contributed by atoms with Crippen LogP contribution >= 0.6 is 15.6 Å². The Morgan fingerprint density at radius 2 is 0.453 bits per heavy atom. The number of hydrogen-bond acceptors (Lipinski definition) is 15. The topological polar surface area (TPSA) is 237 Å². The summed E-state index contributed by atoms with van der Waals surface area (Å²) in [6, 6.07) is 0. The van der Waals surface area contributed by atoms with Crippen LogP contribution in [-0.4, -0.2) is 96.7 Å². The van der Waals surface area contributed by atoms with Gasteiger partial charge in [-0.25, -0.2) is 9.13 Å². The van der Waals surface area contributed by atoms with Crippen molar-refractivity contribution < 1.29 is 80.2 Å². The normalized spacial score (nSPS) is 14.4. The zero-order valence-corrected chi connectivity index (χ0v) is 71.9. The molecule has 7 atom stereocenters. The number of phosphoric ester groups is 2. The maximum absolute atomic E-state index is 13.1. The highest BCUT2D eigenvalue weighted by Gasteiger charge is 2.31. The lowest BCUT2D eigenvalue weighted by molar-refractivity contribution is -0.161. The summed E-state index contributed by atoms with van der Waals surface area (Å²) in [5.41, 5.74) is 0. The second kappa shape index (κ2) is 75.7. The van der Waals surface area contributed by atoms with E-state index in [9.17, 15) is 43.2 Å². The van der Waals surface area contributed by atoms with Crippen molar-refractivity contribution >= 4 is 39.5 Å². The van der Waals surface area contributed by atoms with Gasteiger partial charge < -0.3 is 33.8 Å². The molecule has 3 N–H and O–H groups in total. The van der Waals surface area contributed by atoms with Gasteiger partial charge in [0.25, 0.3) is 0 Å². The minimum atomic E-state index is -4.97. The van der Waals surface area contributed by atoms with Crippen molar-refractivity contribution in [2.45, 2.75) is 472 Å². The van der Waals surface area contributed by atoms with E-state index in [0.29, 0.717) is 31.6 Å². The predicted octanol–water partition coefficient (Wildman–Crippen LogP) is 26.3. The molecule has 0 aromatic rings. The van der Waals surface area contributed by atoms with Crippen LogP contribution in [0.4, 0.5) is 0 Å². The lowest BCUT2D eigenvalue weighted by Crippen LogP contribution is -2.30. The van der Waals surface area contributed by atoms with Gasteiger partial charge in [-0.1, -0.05) is 402 Å². The molecule has 0 heterocycles. The second-order valence-corrected chi connectivity index (χ2v) is 35.6. The zero-order chi connectivity index (χ0) is 78.1. The minimum absolute atomic E-state index is 0.107. The number of aliphatic hydroxyl groups excluding tert-OH is 1. The molecule has 106 heavy (non-hydrogen) atoms. The molecule has 4 unspecified atom stereocenters. The van der Waals surface area contributed by atoms with Crippen molar-refractivity contribution in [2.24, 2.45) is 23.7 Å². The summed E-state index contributed by atoms with van der Waals surface area (Å²) in [7, 11) is -9.93. The van der Waals surface area contributed by atoms with Crippen LogP contribution in [0.3, 0.4) is 0 Å². The third-order valence-electron chi connectivity index (χ3n) is 21.0. The molecule has 0 spiro atoms. The van der Waals surface area contributed by atoms with Gasteiger partial charge in [-0.3, -0.25) is 37.3 Å². The molecule has 0 saturated carbocycles. The molecule has 0 amide bonds. The van der Waals surface area contributed by atoms with Crippen molar-refractivity contribution in [3.63, 3.8) is 0 Å². The Labute approximate surface area is 651 Å². The molecule has 0 rings (SSSR count). The summed E-state index contributed by atoms with van der Waals surface area (Å²) in [5, 5.41) is 10.7. The number of phosphoric acid groups is 2. The second-order valence-electron chi connectivity index (χ2n) is 32.7. The molecule has 0 aromatic carbocycles. The van der Waals surface area contributed by atoms with Gasteiger partial charge in [0.15, 0.2) is 12.2 Å². The van der Waals surface area contributed by atoms with E-state index >= 15 is 0 Å². The molecular formula is C87H170O17P2. The largest absolute Gasteiger partial charge is 0.472 e. The fourth-order valence-corrected chi connectivity index (χ4v) is 15.0. The molecule has 0 radical (unpaired) electrons. The molecule has 17 nitrogen and oxygen atoms in total. The van der Waals surface area contributed by atoms with E-state index in [2.05, 4.69) is 55.4 Å². The van der Waals surface area contributed by atoms with E-state index in [1.165, 1.54) is 250 Å². The van der Waals surface area contributed by atoms with Gasteiger partial charge in [-0.15, -0.1) is 0 Å². The van der Waals surface area contributed by atoms with E-state index in [1.807, 2.05) is 0 Å². The van der Waals surface area contributed by atoms with E-state index in [-0.39, 0.29) is 25.7 Å². The lowest BCUT2D eigenvalue weighted by Gasteiger charge is -2.21. The molecule has 19 heteroatoms. The highest BCUT2D eigenvalue weighted by molar-refractivity contribution is 7.47. The number of rotatable bonds is 84. The molecule has 0 bridgehead atoms. The standard InChI is InChI=1S/C87H170O17P2/c1-9-79(7)65-57-49-40-34-27-23-19-15-11-13-17-21-25-29-37-43-53-61-69-86(91)103-82(73-97-84(89)67-59-51-42-36-32-31-33-39-47-55-63-77(3)4)75-101-105(93,94)99-71-81(88)72-100-106(95,96)102-76-83(74-98-85(90)68-60-52-46-45-48-56-64-78(5)6)104-87(92)70-62-54-44-38-30-26-22-18-14-12-16-20-24-28-35-41-50-58-66-80(8)10-2/h77-83,88H,9-76H2,1-8H3,(H,93,94)(H,95,96)/t79?,80?,81-,82-,83-/m1/s1. The first-order valence-electron chi connectivity index (χ1n) is 44.8. The molecule has 0 aliphatic rings. The highest BCUT2D eigenvalue weighted by Crippen LogP contribution is 2.45. The molecule has 0 aromatic heterocycles. The summed E-state index contributed by atoms with van der Waals surface area (Å²) >= 11 is 0. The average Bonchev–Trinajstić information content (AvgIpc) is 0.906. The van der Waals surface area contributed by atoms with Crippen LogP contribution in [0, 0.1) is 23.7 Å². The van der Waals surface area contributed by atoms with Gasteiger partial charge >= 0.3 is 39.5 Å². The highest BCUT2D eigenvalue weighted by atomic mass is 31.2. The Morgan fingerprint density at radius 1 is 0.264 bits per heavy atom. The first-order chi connectivity index (χ1) is 51.2. The van der Waals surface area contributed by atoms with Gasteiger partial charge in [-0.05, 0) is 49.4 Å². The van der Waals surface area contributed by atoms with Crippen LogP contribution in [0.1, 0.15) is 453 Å². The summed E-state index contributed by atoms with van der Waals surface area (Å²) in [5.74, 6) is 1.07. The Morgan fingerprint density at radius 3 is 0.670 bits per heavy atom. The zero-order valence-electron chi connectivity index (χ0n) is 70.1. The quantitative estimate of drug-likeness (QED) is 0.0222. The molecule has 630 valence electrons. The number of hydrogen-bond donors (Lipinski definition) is 3. The van der Waals surface area contributed by atoms with Crippen molar-refractivity contribution in [3.05, 3.63) is 0 Å². The first-order valence-corrected chi connectivity index (χ1v) is 47.8. The number of carbonyl (C=O) groups is 4. The van der Waals surface area contributed by atoms with E-state index in [4.69, 9.17) is 37.0 Å². The van der Waals surface area contributed by atoms with Crippen LogP contribution in [0.2, 0.25) is 0 Å². The molecule has 0 aliphatic carbocycles. The van der Waals surface area contributed by atoms with Crippen molar-refractivity contribution in [3.8, 4) is 0 Å². The van der Waals surface area contributed by atoms with Crippen molar-refractivity contribution in [1.29, 1.82) is 0 Å². The van der Waals surface area contributed by atoms with Crippen LogP contribution in [0.15, 0.2) is 0 Å². The van der Waals surface area contributed by atoms with Gasteiger partial charge in [0, 0.05) is 25.7 Å². The van der Waals surface area contributed by atoms with Gasteiger partial charge in [-0.2, -0.15) is 0 Å². The number of aliphatic hydroxyl groups is 1. The van der Waals surface area contributed by atoms with Gasteiger partial charge in [0.05, 0.1) is 26.4 Å². The maximum atomic E-state index is 13.1. The summed E-state index contributed by atoms with van der Waals surface area (Å²) in [6.45, 7) is 14.3. The third kappa shape index (κ3) is 77.4. The molecule has 0 fully saturated rings. The van der Waals surface area contributed by atoms with Crippen molar-refractivity contribution in [1.82, 2.24) is 0 Å². The van der Waals surface area contributed by atoms with Crippen LogP contribution < -0.4 is 0 Å². The van der Waals surface area contributed by atoms with Crippen LogP contribution in [-0.2, 0) is 65.4 Å². The lowest BCUT2D eigenvalue weighted by atomic mass is 9.99. The number of unbranched alkanes of at least 4 members (excludes halogenated alkanes) is 48. The van der Waals surface area contributed by atoms with Crippen LogP contribution in [0.25, 0.3) is 0 Å². The third-order valence-corrected chi connectivity index (χ3v) is 22.9. The van der Waals surface area contributed by atoms with Gasteiger partial charge in [0.2, 0.25) is 0 Å².